The number of nitrogens with zero attached hydrogens (tertiary/aromatic N) is 1. The highest BCUT2D eigenvalue weighted by Crippen LogP contribution is 2.51. The average Bonchev–Trinajstić information content (AvgIpc) is 2.83. The van der Waals surface area contributed by atoms with Gasteiger partial charge in [0.25, 0.3) is 5.91 Å². The quantitative estimate of drug-likeness (QED) is 0.851. The van der Waals surface area contributed by atoms with Crippen LogP contribution in [0, 0.1) is 12.3 Å². The highest BCUT2D eigenvalue weighted by Gasteiger charge is 2.66. The molecule has 0 radical (unpaired) electrons. The normalized spacial score (nSPS) is 27.0. The number of rotatable bonds is 5. The maximum atomic E-state index is 12.2. The van der Waals surface area contributed by atoms with Crippen LogP contribution in [0.25, 0.3) is 0 Å². The Balaban J connectivity index is 2.22. The third-order valence-electron chi connectivity index (χ3n) is 4.32. The number of nitrogens with one attached hydrogen (secondary N) is 1. The first kappa shape index (κ1) is 15.5. The monoisotopic (exact) mass is 296 g/mol. The molecule has 2 rings (SSSR count). The summed E-state index contributed by atoms with van der Waals surface area (Å²) in [6.07, 6.45) is 0.0177. The number of hydrogen-bond donors (Lipinski definition) is 2. The standard InChI is InChI=1S/C14H20N2O5/c1-5-20-10-7-14(12(18)19,13(10,3)4)15-11(17)9-6-8(2)21-16-9/h6,10H,5,7H2,1-4H3,(H,15,17)(H,18,19). The molecule has 1 saturated carbocycles. The van der Waals surface area contributed by atoms with E-state index in [1.54, 1.807) is 20.8 Å². The number of carbonyl (C=O) groups excluding carboxylic acids is 1. The first-order valence-electron chi connectivity index (χ1n) is 6.85. The van der Waals surface area contributed by atoms with Crippen molar-refractivity contribution in [3.8, 4) is 0 Å². The number of aromatic nitrogens is 1. The number of ether oxygens (including phenoxy) is 1. The number of carboxylic acids is 1. The molecule has 1 amide bonds. The van der Waals surface area contributed by atoms with Crippen LogP contribution >= 0.6 is 0 Å². The van der Waals surface area contributed by atoms with Crippen LogP contribution in [-0.4, -0.2) is 40.4 Å². The number of carboxylic acid groups (broad SMARTS) is 1. The zero-order chi connectivity index (χ0) is 15.8. The topological polar surface area (TPSA) is 102 Å². The van der Waals surface area contributed by atoms with Crippen LogP contribution in [0.3, 0.4) is 0 Å². The molecule has 7 heteroatoms. The fourth-order valence-corrected chi connectivity index (χ4v) is 2.77. The lowest BCUT2D eigenvalue weighted by Crippen LogP contribution is -2.76. The molecule has 1 aromatic rings. The van der Waals surface area contributed by atoms with Crippen molar-refractivity contribution in [3.05, 3.63) is 17.5 Å². The van der Waals surface area contributed by atoms with Crippen molar-refractivity contribution in [1.29, 1.82) is 0 Å². The van der Waals surface area contributed by atoms with E-state index in [-0.39, 0.29) is 18.2 Å². The molecule has 0 bridgehead atoms. The largest absolute Gasteiger partial charge is 0.479 e. The van der Waals surface area contributed by atoms with E-state index in [4.69, 9.17) is 9.26 Å². The van der Waals surface area contributed by atoms with E-state index in [2.05, 4.69) is 10.5 Å². The second-order valence-electron chi connectivity index (χ2n) is 5.86. The van der Waals surface area contributed by atoms with Crippen LogP contribution in [0.1, 0.15) is 43.4 Å². The van der Waals surface area contributed by atoms with Crippen LogP contribution in [0.15, 0.2) is 10.6 Å². The summed E-state index contributed by atoms with van der Waals surface area (Å²) in [6.45, 7) is 7.57. The SMILES string of the molecule is CCOC1CC(NC(=O)c2cc(C)on2)(C(=O)O)C1(C)C. The summed E-state index contributed by atoms with van der Waals surface area (Å²) in [5.41, 5.74) is -2.01. The second-order valence-corrected chi connectivity index (χ2v) is 5.86. The van der Waals surface area contributed by atoms with Crippen molar-refractivity contribution < 1.29 is 24.0 Å². The smallest absolute Gasteiger partial charge is 0.330 e. The molecule has 1 aliphatic carbocycles. The van der Waals surface area contributed by atoms with Crippen LogP contribution in [0.5, 0.6) is 0 Å². The van der Waals surface area contributed by atoms with E-state index in [9.17, 15) is 14.7 Å². The molecule has 2 unspecified atom stereocenters. The van der Waals surface area contributed by atoms with Crippen molar-refractivity contribution in [2.75, 3.05) is 6.61 Å². The van der Waals surface area contributed by atoms with Crippen LogP contribution in [0.4, 0.5) is 0 Å². The Morgan fingerprint density at radius 2 is 2.24 bits per heavy atom. The third kappa shape index (κ3) is 2.31. The summed E-state index contributed by atoms with van der Waals surface area (Å²) in [5.74, 6) is -1.14. The van der Waals surface area contributed by atoms with Gasteiger partial charge in [-0.25, -0.2) is 4.79 Å². The van der Waals surface area contributed by atoms with Crippen molar-refractivity contribution in [3.63, 3.8) is 0 Å². The fourth-order valence-electron chi connectivity index (χ4n) is 2.77. The minimum absolute atomic E-state index is 0.0729. The molecule has 2 N–H and O–H groups in total. The Kier molecular flexibility index (Phi) is 3.79. The summed E-state index contributed by atoms with van der Waals surface area (Å²) in [7, 11) is 0. The van der Waals surface area contributed by atoms with Gasteiger partial charge in [0.2, 0.25) is 0 Å². The van der Waals surface area contributed by atoms with Crippen LogP contribution < -0.4 is 5.32 Å². The molecule has 1 aromatic heterocycles. The van der Waals surface area contributed by atoms with Gasteiger partial charge in [-0.2, -0.15) is 0 Å². The Bertz CT molecular complexity index is 565. The van der Waals surface area contributed by atoms with Gasteiger partial charge in [0.05, 0.1) is 6.10 Å². The molecular weight excluding hydrogens is 276 g/mol. The van der Waals surface area contributed by atoms with E-state index >= 15 is 0 Å². The highest BCUT2D eigenvalue weighted by atomic mass is 16.5. The lowest BCUT2D eigenvalue weighted by molar-refractivity contribution is -0.190. The summed E-state index contributed by atoms with van der Waals surface area (Å²) >= 11 is 0. The van der Waals surface area contributed by atoms with Gasteiger partial charge in [-0.3, -0.25) is 4.79 Å². The van der Waals surface area contributed by atoms with Gasteiger partial charge in [-0.15, -0.1) is 0 Å². The molecule has 0 spiro atoms. The lowest BCUT2D eigenvalue weighted by atomic mass is 9.54. The van der Waals surface area contributed by atoms with E-state index in [1.807, 2.05) is 6.92 Å². The number of amides is 1. The number of aryl methyl sites for hydroxylation is 1. The summed E-state index contributed by atoms with van der Waals surface area (Å²) in [5, 5.41) is 15.8. The van der Waals surface area contributed by atoms with E-state index in [0.717, 1.165) is 0 Å². The Labute approximate surface area is 122 Å². The predicted molar refractivity (Wildman–Crippen MR) is 72.9 cm³/mol. The van der Waals surface area contributed by atoms with Crippen molar-refractivity contribution in [2.24, 2.45) is 5.41 Å². The second kappa shape index (κ2) is 5.14. The van der Waals surface area contributed by atoms with E-state index in [1.165, 1.54) is 6.07 Å². The molecule has 1 heterocycles. The summed E-state index contributed by atoms with van der Waals surface area (Å²) in [6, 6.07) is 1.47. The van der Waals surface area contributed by atoms with Crippen LogP contribution in [-0.2, 0) is 9.53 Å². The Hall–Kier alpha value is -1.89. The Morgan fingerprint density at radius 1 is 1.57 bits per heavy atom. The number of hydrogen-bond acceptors (Lipinski definition) is 5. The number of aliphatic carboxylic acids is 1. The zero-order valence-electron chi connectivity index (χ0n) is 12.6. The average molecular weight is 296 g/mol. The maximum absolute atomic E-state index is 12.2. The fraction of sp³-hybridized carbons (Fsp3) is 0.643. The molecule has 116 valence electrons. The van der Waals surface area contributed by atoms with E-state index < -0.39 is 22.8 Å². The molecule has 1 fully saturated rings. The molecule has 0 aromatic carbocycles. The molecule has 0 saturated heterocycles. The zero-order valence-corrected chi connectivity index (χ0v) is 12.6. The molecule has 21 heavy (non-hydrogen) atoms. The first-order chi connectivity index (χ1) is 9.74. The maximum Gasteiger partial charge on any atom is 0.330 e. The van der Waals surface area contributed by atoms with Gasteiger partial charge in [-0.1, -0.05) is 19.0 Å². The number of carbonyl (C=O) groups is 2. The van der Waals surface area contributed by atoms with E-state index in [0.29, 0.717) is 12.4 Å². The van der Waals surface area contributed by atoms with Crippen molar-refractivity contribution in [2.45, 2.75) is 45.8 Å². The minimum atomic E-state index is -1.36. The van der Waals surface area contributed by atoms with Crippen molar-refractivity contribution >= 4 is 11.9 Å². The van der Waals surface area contributed by atoms with Gasteiger partial charge in [0.15, 0.2) is 5.69 Å². The minimum Gasteiger partial charge on any atom is -0.479 e. The van der Waals surface area contributed by atoms with Crippen LogP contribution in [0.2, 0.25) is 0 Å². The molecule has 7 nitrogen and oxygen atoms in total. The van der Waals surface area contributed by atoms with Gasteiger partial charge >= 0.3 is 5.97 Å². The lowest BCUT2D eigenvalue weighted by Gasteiger charge is -2.58. The molecule has 0 aliphatic heterocycles. The molecular formula is C14H20N2O5. The predicted octanol–water partition coefficient (Wildman–Crippen LogP) is 1.37. The van der Waals surface area contributed by atoms with Gasteiger partial charge < -0.3 is 19.7 Å². The van der Waals surface area contributed by atoms with Gasteiger partial charge in [-0.05, 0) is 13.8 Å². The van der Waals surface area contributed by atoms with Crippen molar-refractivity contribution in [1.82, 2.24) is 10.5 Å². The summed E-state index contributed by atoms with van der Waals surface area (Å²) < 4.78 is 10.4. The van der Waals surface area contributed by atoms with Gasteiger partial charge in [0, 0.05) is 24.5 Å². The van der Waals surface area contributed by atoms with Gasteiger partial charge in [0.1, 0.15) is 11.3 Å². The highest BCUT2D eigenvalue weighted by molar-refractivity contribution is 5.97. The Morgan fingerprint density at radius 3 is 2.67 bits per heavy atom. The molecule has 1 aliphatic rings. The molecule has 2 atom stereocenters. The third-order valence-corrected chi connectivity index (χ3v) is 4.32. The summed E-state index contributed by atoms with van der Waals surface area (Å²) in [4.78, 5) is 23.9. The first-order valence-corrected chi connectivity index (χ1v) is 6.85.